The maximum absolute atomic E-state index is 11.9. The van der Waals surface area contributed by atoms with Gasteiger partial charge in [-0.15, -0.1) is 24.0 Å². The van der Waals surface area contributed by atoms with E-state index in [-0.39, 0.29) is 29.9 Å². The lowest BCUT2D eigenvalue weighted by molar-refractivity contribution is -0.116. The van der Waals surface area contributed by atoms with Crippen LogP contribution in [0.25, 0.3) is 0 Å². The molecule has 25 heavy (non-hydrogen) atoms. The van der Waals surface area contributed by atoms with E-state index in [4.69, 9.17) is 0 Å². The van der Waals surface area contributed by atoms with E-state index in [9.17, 15) is 4.79 Å². The zero-order valence-electron chi connectivity index (χ0n) is 15.8. The van der Waals surface area contributed by atoms with E-state index in [0.717, 1.165) is 31.0 Å². The number of amides is 1. The first-order valence-corrected chi connectivity index (χ1v) is 8.76. The summed E-state index contributed by atoms with van der Waals surface area (Å²) in [6.45, 7) is 10.6. The maximum atomic E-state index is 11.9. The summed E-state index contributed by atoms with van der Waals surface area (Å²) in [6, 6.07) is 3.73. The van der Waals surface area contributed by atoms with Crippen LogP contribution in [0.3, 0.4) is 0 Å². The summed E-state index contributed by atoms with van der Waals surface area (Å²) in [5.74, 6) is 1.99. The highest BCUT2D eigenvalue weighted by Gasteiger charge is 2.04. The quantitative estimate of drug-likeness (QED) is 0.228. The van der Waals surface area contributed by atoms with Crippen molar-refractivity contribution in [3.8, 4) is 0 Å². The molecule has 0 aliphatic rings. The molecule has 0 aromatic carbocycles. The normalized spacial score (nSPS) is 11.0. The SMILES string of the molecule is CCNC(=NCCCC(C)C)NCCC(=O)Nc1ccc(C)cn1.I. The summed E-state index contributed by atoms with van der Waals surface area (Å²) in [4.78, 5) is 20.6. The van der Waals surface area contributed by atoms with Gasteiger partial charge in [0.15, 0.2) is 5.96 Å². The Morgan fingerprint density at radius 2 is 2.04 bits per heavy atom. The second kappa shape index (κ2) is 13.9. The predicted molar refractivity (Wildman–Crippen MR) is 116 cm³/mol. The molecule has 0 unspecified atom stereocenters. The lowest BCUT2D eigenvalue weighted by Crippen LogP contribution is -2.38. The highest BCUT2D eigenvalue weighted by molar-refractivity contribution is 14.0. The van der Waals surface area contributed by atoms with Gasteiger partial charge in [0.25, 0.3) is 0 Å². The number of anilines is 1. The molecule has 7 heteroatoms. The Morgan fingerprint density at radius 3 is 2.64 bits per heavy atom. The molecule has 0 bridgehead atoms. The van der Waals surface area contributed by atoms with Crippen molar-refractivity contribution in [1.82, 2.24) is 15.6 Å². The minimum atomic E-state index is -0.0606. The van der Waals surface area contributed by atoms with Gasteiger partial charge in [-0.05, 0) is 44.2 Å². The van der Waals surface area contributed by atoms with E-state index < -0.39 is 0 Å². The second-order valence-electron chi connectivity index (χ2n) is 6.24. The first kappa shape index (κ1) is 23.6. The van der Waals surface area contributed by atoms with Crippen LogP contribution in [0.2, 0.25) is 0 Å². The van der Waals surface area contributed by atoms with Crippen LogP contribution >= 0.6 is 24.0 Å². The number of aromatic nitrogens is 1. The minimum absolute atomic E-state index is 0. The van der Waals surface area contributed by atoms with Crippen molar-refractivity contribution >= 4 is 41.7 Å². The molecular weight excluding hydrogens is 429 g/mol. The zero-order valence-corrected chi connectivity index (χ0v) is 18.1. The highest BCUT2D eigenvalue weighted by Crippen LogP contribution is 2.04. The molecule has 3 N–H and O–H groups in total. The van der Waals surface area contributed by atoms with Gasteiger partial charge >= 0.3 is 0 Å². The van der Waals surface area contributed by atoms with E-state index in [0.29, 0.717) is 24.7 Å². The second-order valence-corrected chi connectivity index (χ2v) is 6.24. The van der Waals surface area contributed by atoms with E-state index in [1.54, 1.807) is 12.3 Å². The Hall–Kier alpha value is -1.38. The van der Waals surface area contributed by atoms with Gasteiger partial charge in [-0.3, -0.25) is 9.79 Å². The van der Waals surface area contributed by atoms with Crippen molar-refractivity contribution in [2.75, 3.05) is 25.0 Å². The van der Waals surface area contributed by atoms with E-state index >= 15 is 0 Å². The van der Waals surface area contributed by atoms with Gasteiger partial charge in [-0.1, -0.05) is 19.9 Å². The average Bonchev–Trinajstić information content (AvgIpc) is 2.53. The first-order chi connectivity index (χ1) is 11.5. The molecule has 142 valence electrons. The van der Waals surface area contributed by atoms with Crippen molar-refractivity contribution in [1.29, 1.82) is 0 Å². The van der Waals surface area contributed by atoms with Gasteiger partial charge in [0, 0.05) is 32.3 Å². The smallest absolute Gasteiger partial charge is 0.227 e. The third-order valence-corrected chi connectivity index (χ3v) is 3.38. The Labute approximate surface area is 168 Å². The molecule has 0 aliphatic carbocycles. The zero-order chi connectivity index (χ0) is 17.8. The number of carbonyl (C=O) groups excluding carboxylic acids is 1. The Bertz CT molecular complexity index is 517. The van der Waals surface area contributed by atoms with E-state index in [1.807, 2.05) is 19.9 Å². The summed E-state index contributed by atoms with van der Waals surface area (Å²) >= 11 is 0. The number of halogens is 1. The van der Waals surface area contributed by atoms with Crippen LogP contribution in [0, 0.1) is 12.8 Å². The van der Waals surface area contributed by atoms with Crippen molar-refractivity contribution < 1.29 is 4.79 Å². The highest BCUT2D eigenvalue weighted by atomic mass is 127. The number of pyridine rings is 1. The molecule has 6 nitrogen and oxygen atoms in total. The number of nitrogens with one attached hydrogen (secondary N) is 3. The van der Waals surface area contributed by atoms with Gasteiger partial charge in [0.05, 0.1) is 0 Å². The van der Waals surface area contributed by atoms with E-state index in [2.05, 4.69) is 39.8 Å². The summed E-state index contributed by atoms with van der Waals surface area (Å²) in [5, 5.41) is 9.18. The number of rotatable bonds is 9. The summed E-state index contributed by atoms with van der Waals surface area (Å²) in [7, 11) is 0. The molecule has 0 spiro atoms. The van der Waals surface area contributed by atoms with Crippen molar-refractivity contribution in [2.24, 2.45) is 10.9 Å². The Kier molecular flexibility index (Phi) is 13.1. The van der Waals surface area contributed by atoms with Gasteiger partial charge in [-0.25, -0.2) is 4.98 Å². The van der Waals surface area contributed by atoms with Crippen molar-refractivity contribution in [2.45, 2.75) is 47.0 Å². The third kappa shape index (κ3) is 11.7. The lowest BCUT2D eigenvalue weighted by Gasteiger charge is -2.11. The standard InChI is InChI=1S/C18H31N5O.HI/c1-5-19-18(20-11-6-7-14(2)3)21-12-10-17(24)23-16-9-8-15(4)13-22-16;/h8-9,13-14H,5-7,10-12H2,1-4H3,(H2,19,20,21)(H,22,23,24);1H. The molecule has 1 heterocycles. The lowest BCUT2D eigenvalue weighted by atomic mass is 10.1. The number of carbonyl (C=O) groups is 1. The minimum Gasteiger partial charge on any atom is -0.357 e. The Balaban J connectivity index is 0.00000576. The van der Waals surface area contributed by atoms with Crippen LogP contribution < -0.4 is 16.0 Å². The molecular formula is C18H32IN5O. The Morgan fingerprint density at radius 1 is 1.28 bits per heavy atom. The molecule has 0 atom stereocenters. The molecule has 1 aromatic rings. The summed E-state index contributed by atoms with van der Waals surface area (Å²) < 4.78 is 0. The largest absolute Gasteiger partial charge is 0.357 e. The molecule has 0 radical (unpaired) electrons. The monoisotopic (exact) mass is 461 g/mol. The molecule has 0 fully saturated rings. The average molecular weight is 461 g/mol. The van der Waals surface area contributed by atoms with Gasteiger partial charge in [-0.2, -0.15) is 0 Å². The molecule has 0 saturated carbocycles. The molecule has 0 aliphatic heterocycles. The first-order valence-electron chi connectivity index (χ1n) is 8.76. The molecule has 1 rings (SSSR count). The summed E-state index contributed by atoms with van der Waals surface area (Å²) in [6.07, 6.45) is 4.36. The fourth-order valence-corrected chi connectivity index (χ4v) is 2.07. The third-order valence-electron chi connectivity index (χ3n) is 3.38. The van der Waals surface area contributed by atoms with Gasteiger partial charge in [0.2, 0.25) is 5.91 Å². The number of aryl methyl sites for hydroxylation is 1. The van der Waals surface area contributed by atoms with Crippen LogP contribution in [0.5, 0.6) is 0 Å². The summed E-state index contributed by atoms with van der Waals surface area (Å²) in [5.41, 5.74) is 1.07. The van der Waals surface area contributed by atoms with Crippen LogP contribution in [0.1, 0.15) is 45.6 Å². The van der Waals surface area contributed by atoms with Crippen molar-refractivity contribution in [3.63, 3.8) is 0 Å². The van der Waals surface area contributed by atoms with E-state index in [1.165, 1.54) is 6.42 Å². The van der Waals surface area contributed by atoms with Gasteiger partial charge in [0.1, 0.15) is 5.82 Å². The number of hydrogen-bond acceptors (Lipinski definition) is 3. The van der Waals surface area contributed by atoms with Crippen LogP contribution in [-0.2, 0) is 4.79 Å². The fraction of sp³-hybridized carbons (Fsp3) is 0.611. The fourth-order valence-electron chi connectivity index (χ4n) is 2.07. The van der Waals surface area contributed by atoms with Crippen LogP contribution in [-0.4, -0.2) is 36.5 Å². The van der Waals surface area contributed by atoms with Crippen molar-refractivity contribution in [3.05, 3.63) is 23.9 Å². The van der Waals surface area contributed by atoms with Gasteiger partial charge < -0.3 is 16.0 Å². The molecule has 0 saturated heterocycles. The number of aliphatic imine (C=N–C) groups is 1. The molecule has 1 aromatic heterocycles. The number of nitrogens with zero attached hydrogens (tertiary/aromatic N) is 2. The van der Waals surface area contributed by atoms with Crippen LogP contribution in [0.15, 0.2) is 23.3 Å². The number of hydrogen-bond donors (Lipinski definition) is 3. The predicted octanol–water partition coefficient (Wildman–Crippen LogP) is 3.33. The molecule has 1 amide bonds. The topological polar surface area (TPSA) is 78.4 Å². The number of guanidine groups is 1. The van der Waals surface area contributed by atoms with Crippen LogP contribution in [0.4, 0.5) is 5.82 Å². The maximum Gasteiger partial charge on any atom is 0.227 e.